The summed E-state index contributed by atoms with van der Waals surface area (Å²) in [7, 11) is 0. The Labute approximate surface area is 107 Å². The van der Waals surface area contributed by atoms with E-state index < -0.39 is 0 Å². The number of hydrogen-bond donors (Lipinski definition) is 1. The SMILES string of the molecule is CCc1ccc([C@H](CC#N)N2CCNCC2)s1. The second-order valence-corrected chi connectivity index (χ2v) is 5.52. The van der Waals surface area contributed by atoms with Crippen LogP contribution in [-0.2, 0) is 6.42 Å². The van der Waals surface area contributed by atoms with Crippen LogP contribution in [0.4, 0.5) is 0 Å². The van der Waals surface area contributed by atoms with Crippen LogP contribution in [0.3, 0.4) is 0 Å². The van der Waals surface area contributed by atoms with E-state index in [4.69, 9.17) is 5.26 Å². The van der Waals surface area contributed by atoms with Gasteiger partial charge in [0.2, 0.25) is 0 Å². The van der Waals surface area contributed by atoms with Gasteiger partial charge in [-0.25, -0.2) is 0 Å². The third-order valence-corrected chi connectivity index (χ3v) is 4.57. The summed E-state index contributed by atoms with van der Waals surface area (Å²) in [6.07, 6.45) is 1.69. The largest absolute Gasteiger partial charge is 0.314 e. The van der Waals surface area contributed by atoms with Crippen molar-refractivity contribution in [1.29, 1.82) is 5.26 Å². The number of piperazine rings is 1. The van der Waals surface area contributed by atoms with Gasteiger partial charge >= 0.3 is 0 Å². The summed E-state index contributed by atoms with van der Waals surface area (Å²) >= 11 is 1.86. The van der Waals surface area contributed by atoms with Crippen LogP contribution in [0.2, 0.25) is 0 Å². The molecule has 2 heterocycles. The molecule has 3 nitrogen and oxygen atoms in total. The van der Waals surface area contributed by atoms with Crippen molar-refractivity contribution >= 4 is 11.3 Å². The Morgan fingerprint density at radius 3 is 2.82 bits per heavy atom. The highest BCUT2D eigenvalue weighted by molar-refractivity contribution is 7.12. The summed E-state index contributed by atoms with van der Waals surface area (Å²) in [5.74, 6) is 0. The zero-order valence-corrected chi connectivity index (χ0v) is 11.1. The summed E-state index contributed by atoms with van der Waals surface area (Å²) in [6.45, 7) is 6.35. The van der Waals surface area contributed by atoms with Gasteiger partial charge in [-0.1, -0.05) is 6.92 Å². The first kappa shape index (κ1) is 12.6. The average molecular weight is 249 g/mol. The first-order valence-corrected chi connectivity index (χ1v) is 7.07. The van der Waals surface area contributed by atoms with E-state index in [1.807, 2.05) is 11.3 Å². The van der Waals surface area contributed by atoms with Crippen LogP contribution in [0.25, 0.3) is 0 Å². The van der Waals surface area contributed by atoms with E-state index in [-0.39, 0.29) is 0 Å². The molecule has 0 spiro atoms. The number of rotatable bonds is 4. The summed E-state index contributed by atoms with van der Waals surface area (Å²) in [6, 6.07) is 7.04. The van der Waals surface area contributed by atoms with Crippen molar-refractivity contribution in [3.8, 4) is 6.07 Å². The Bertz CT molecular complexity index is 388. The molecular weight excluding hydrogens is 230 g/mol. The molecule has 1 aliphatic rings. The second kappa shape index (κ2) is 6.15. The fourth-order valence-corrected chi connectivity index (χ4v) is 3.34. The second-order valence-electron chi connectivity index (χ2n) is 4.32. The molecule has 1 aromatic heterocycles. The number of nitrogens with zero attached hydrogens (tertiary/aromatic N) is 2. The van der Waals surface area contributed by atoms with Gasteiger partial charge in [0.15, 0.2) is 0 Å². The van der Waals surface area contributed by atoms with E-state index in [1.54, 1.807) is 0 Å². The molecule has 0 radical (unpaired) electrons. The number of nitriles is 1. The van der Waals surface area contributed by atoms with Gasteiger partial charge in [-0.05, 0) is 18.6 Å². The molecule has 0 bridgehead atoms. The van der Waals surface area contributed by atoms with E-state index in [1.165, 1.54) is 9.75 Å². The highest BCUT2D eigenvalue weighted by atomic mass is 32.1. The van der Waals surface area contributed by atoms with Crippen molar-refractivity contribution in [3.63, 3.8) is 0 Å². The molecule has 0 unspecified atom stereocenters. The molecule has 1 aliphatic heterocycles. The molecule has 1 atom stereocenters. The Hall–Kier alpha value is -0.890. The minimum absolute atomic E-state index is 0.299. The molecule has 1 N–H and O–H groups in total. The van der Waals surface area contributed by atoms with E-state index in [9.17, 15) is 0 Å². The number of nitrogens with one attached hydrogen (secondary N) is 1. The van der Waals surface area contributed by atoms with Gasteiger partial charge in [0.25, 0.3) is 0 Å². The normalized spacial score (nSPS) is 18.8. The molecule has 1 saturated heterocycles. The molecule has 0 amide bonds. The number of hydrogen-bond acceptors (Lipinski definition) is 4. The van der Waals surface area contributed by atoms with Crippen molar-refractivity contribution in [1.82, 2.24) is 10.2 Å². The topological polar surface area (TPSA) is 39.1 Å². The third kappa shape index (κ3) is 3.06. The van der Waals surface area contributed by atoms with Crippen LogP contribution < -0.4 is 5.32 Å². The van der Waals surface area contributed by atoms with Crippen molar-refractivity contribution in [2.75, 3.05) is 26.2 Å². The quantitative estimate of drug-likeness (QED) is 0.889. The Balaban J connectivity index is 2.12. The van der Waals surface area contributed by atoms with Crippen LogP contribution >= 0.6 is 11.3 Å². The van der Waals surface area contributed by atoms with Crippen molar-refractivity contribution < 1.29 is 0 Å². The first-order chi connectivity index (χ1) is 8.35. The number of aryl methyl sites for hydroxylation is 1. The molecule has 0 aliphatic carbocycles. The molecule has 0 saturated carbocycles. The smallest absolute Gasteiger partial charge is 0.0642 e. The molecule has 92 valence electrons. The van der Waals surface area contributed by atoms with E-state index in [0.717, 1.165) is 32.6 Å². The van der Waals surface area contributed by atoms with Crippen molar-refractivity contribution in [2.45, 2.75) is 25.8 Å². The van der Waals surface area contributed by atoms with E-state index in [0.29, 0.717) is 12.5 Å². The zero-order valence-electron chi connectivity index (χ0n) is 10.3. The molecule has 4 heteroatoms. The maximum Gasteiger partial charge on any atom is 0.0642 e. The third-order valence-electron chi connectivity index (χ3n) is 3.24. The lowest BCUT2D eigenvalue weighted by atomic mass is 10.1. The van der Waals surface area contributed by atoms with E-state index >= 15 is 0 Å². The van der Waals surface area contributed by atoms with Crippen LogP contribution in [0.15, 0.2) is 12.1 Å². The molecule has 17 heavy (non-hydrogen) atoms. The molecule has 0 aromatic carbocycles. The maximum absolute atomic E-state index is 9.00. The van der Waals surface area contributed by atoms with Crippen LogP contribution in [0.1, 0.15) is 29.1 Å². The lowest BCUT2D eigenvalue weighted by Crippen LogP contribution is -2.44. The number of thiophene rings is 1. The van der Waals surface area contributed by atoms with Gasteiger partial charge in [-0.3, -0.25) is 4.90 Å². The first-order valence-electron chi connectivity index (χ1n) is 6.25. The van der Waals surface area contributed by atoms with Crippen LogP contribution in [0, 0.1) is 11.3 Å². The Kier molecular flexibility index (Phi) is 4.55. The van der Waals surface area contributed by atoms with Gasteiger partial charge in [-0.15, -0.1) is 11.3 Å². The monoisotopic (exact) mass is 249 g/mol. The van der Waals surface area contributed by atoms with Crippen LogP contribution in [-0.4, -0.2) is 31.1 Å². The molecule has 1 aromatic rings. The predicted octanol–water partition coefficient (Wildman–Crippen LogP) is 2.17. The maximum atomic E-state index is 9.00. The summed E-state index contributed by atoms with van der Waals surface area (Å²) < 4.78 is 0. The zero-order chi connectivity index (χ0) is 12.1. The lowest BCUT2D eigenvalue weighted by molar-refractivity contribution is 0.178. The van der Waals surface area contributed by atoms with Crippen molar-refractivity contribution in [2.24, 2.45) is 0 Å². The molecule has 2 rings (SSSR count). The summed E-state index contributed by atoms with van der Waals surface area (Å²) in [5, 5.41) is 12.4. The van der Waals surface area contributed by atoms with E-state index in [2.05, 4.69) is 35.3 Å². The Morgan fingerprint density at radius 1 is 1.47 bits per heavy atom. The Morgan fingerprint density at radius 2 is 2.24 bits per heavy atom. The van der Waals surface area contributed by atoms with Gasteiger partial charge in [0.05, 0.1) is 18.5 Å². The fourth-order valence-electron chi connectivity index (χ4n) is 2.25. The molecule has 1 fully saturated rings. The highest BCUT2D eigenvalue weighted by Gasteiger charge is 2.23. The van der Waals surface area contributed by atoms with Gasteiger partial charge in [-0.2, -0.15) is 5.26 Å². The van der Waals surface area contributed by atoms with Gasteiger partial charge in [0, 0.05) is 35.9 Å². The summed E-state index contributed by atoms with van der Waals surface area (Å²) in [5.41, 5.74) is 0. The summed E-state index contributed by atoms with van der Waals surface area (Å²) in [4.78, 5) is 5.20. The average Bonchev–Trinajstić information content (AvgIpc) is 2.85. The highest BCUT2D eigenvalue weighted by Crippen LogP contribution is 2.30. The standard InChI is InChI=1S/C13H19N3S/c1-2-11-3-4-13(17-11)12(5-6-14)16-9-7-15-8-10-16/h3-4,12,15H,2,5,7-10H2,1H3/t12-/m0/s1. The molecular formula is C13H19N3S. The fraction of sp³-hybridized carbons (Fsp3) is 0.615. The van der Waals surface area contributed by atoms with Crippen molar-refractivity contribution in [3.05, 3.63) is 21.9 Å². The van der Waals surface area contributed by atoms with Gasteiger partial charge in [0.1, 0.15) is 0 Å². The minimum atomic E-state index is 0.299. The predicted molar refractivity (Wildman–Crippen MR) is 71.1 cm³/mol. The minimum Gasteiger partial charge on any atom is -0.314 e. The van der Waals surface area contributed by atoms with Gasteiger partial charge < -0.3 is 5.32 Å². The lowest BCUT2D eigenvalue weighted by Gasteiger charge is -2.33. The van der Waals surface area contributed by atoms with Crippen LogP contribution in [0.5, 0.6) is 0 Å².